The van der Waals surface area contributed by atoms with E-state index in [1.807, 2.05) is 18.3 Å². The summed E-state index contributed by atoms with van der Waals surface area (Å²) in [5.41, 5.74) is 3.57. The predicted molar refractivity (Wildman–Crippen MR) is 107 cm³/mol. The van der Waals surface area contributed by atoms with Crippen LogP contribution in [-0.4, -0.2) is 39.3 Å². The van der Waals surface area contributed by atoms with E-state index >= 15 is 0 Å². The van der Waals surface area contributed by atoms with E-state index in [1.54, 1.807) is 16.8 Å². The Balaban J connectivity index is 0.00000192. The van der Waals surface area contributed by atoms with Crippen molar-refractivity contribution in [2.75, 3.05) is 13.1 Å². The van der Waals surface area contributed by atoms with Gasteiger partial charge in [0.25, 0.3) is 0 Å². The Morgan fingerprint density at radius 3 is 2.54 bits per heavy atom. The number of benzene rings is 2. The fraction of sp³-hybridized carbons (Fsp3) is 0.333. The van der Waals surface area contributed by atoms with Gasteiger partial charge >= 0.3 is 0 Å². The number of nitrogens with one attached hydrogen (secondary N) is 1. The number of aliphatic hydroxyl groups is 1. The van der Waals surface area contributed by atoms with Gasteiger partial charge in [0.1, 0.15) is 17.6 Å². The van der Waals surface area contributed by atoms with Crippen LogP contribution in [0.15, 0.2) is 54.7 Å². The standard InChI is InChI=1S/C21H21FN4O.ClH/c22-15-7-5-14(6-8-15)18-13-26(25-24-18)19-16-3-1-2-4-17(16)21(20(19)27)9-11-23-12-10-21;/h1-8,13,19-20,23,27H,9-12H2;1H/t19-,20+;/m1./s1. The number of nitrogens with zero attached hydrogens (tertiary/aromatic N) is 3. The fourth-order valence-electron chi connectivity index (χ4n) is 4.73. The summed E-state index contributed by atoms with van der Waals surface area (Å²) in [4.78, 5) is 0. The first kappa shape index (κ1) is 19.1. The largest absolute Gasteiger partial charge is 0.390 e. The van der Waals surface area contributed by atoms with Crippen LogP contribution in [0.1, 0.15) is 30.0 Å². The van der Waals surface area contributed by atoms with Crippen molar-refractivity contribution in [3.05, 3.63) is 71.7 Å². The summed E-state index contributed by atoms with van der Waals surface area (Å²) >= 11 is 0. The fourth-order valence-corrected chi connectivity index (χ4v) is 4.73. The van der Waals surface area contributed by atoms with Crippen LogP contribution >= 0.6 is 12.4 Å². The maximum absolute atomic E-state index is 13.2. The lowest BCUT2D eigenvalue weighted by Crippen LogP contribution is -2.47. The quantitative estimate of drug-likeness (QED) is 0.694. The number of rotatable bonds is 2. The highest BCUT2D eigenvalue weighted by Crippen LogP contribution is 2.51. The Bertz CT molecular complexity index is 969. The first-order chi connectivity index (χ1) is 13.2. The molecule has 1 aromatic heterocycles. The molecule has 2 N–H and O–H groups in total. The van der Waals surface area contributed by atoms with E-state index in [0.717, 1.165) is 37.1 Å². The zero-order chi connectivity index (χ0) is 18.4. The summed E-state index contributed by atoms with van der Waals surface area (Å²) in [6, 6.07) is 14.2. The normalized spacial score (nSPS) is 22.6. The monoisotopic (exact) mass is 400 g/mol. The third kappa shape index (κ3) is 2.83. The van der Waals surface area contributed by atoms with E-state index in [1.165, 1.54) is 17.7 Å². The minimum atomic E-state index is -0.556. The third-order valence-electron chi connectivity index (χ3n) is 6.11. The van der Waals surface area contributed by atoms with E-state index in [2.05, 4.69) is 27.8 Å². The van der Waals surface area contributed by atoms with Crippen molar-refractivity contribution in [1.29, 1.82) is 0 Å². The number of hydrogen-bond acceptors (Lipinski definition) is 4. The van der Waals surface area contributed by atoms with Gasteiger partial charge in [-0.25, -0.2) is 9.07 Å². The molecule has 1 aliphatic heterocycles. The Morgan fingerprint density at radius 2 is 1.79 bits per heavy atom. The molecule has 1 saturated heterocycles. The molecule has 1 aliphatic carbocycles. The van der Waals surface area contributed by atoms with E-state index < -0.39 is 6.10 Å². The summed E-state index contributed by atoms with van der Waals surface area (Å²) in [5, 5.41) is 23.4. The molecule has 2 aromatic carbocycles. The van der Waals surface area contributed by atoms with Crippen molar-refractivity contribution < 1.29 is 9.50 Å². The Kier molecular flexibility index (Phi) is 4.95. The van der Waals surface area contributed by atoms with Gasteiger partial charge in [-0.05, 0) is 61.3 Å². The van der Waals surface area contributed by atoms with Crippen LogP contribution in [0.25, 0.3) is 11.3 Å². The number of fused-ring (bicyclic) bond motifs is 2. The van der Waals surface area contributed by atoms with Gasteiger partial charge in [0.15, 0.2) is 0 Å². The molecule has 7 heteroatoms. The summed E-state index contributed by atoms with van der Waals surface area (Å²) < 4.78 is 15.0. The molecule has 2 heterocycles. The number of aromatic nitrogens is 3. The van der Waals surface area contributed by atoms with Crippen LogP contribution in [0.2, 0.25) is 0 Å². The van der Waals surface area contributed by atoms with Gasteiger partial charge in [-0.2, -0.15) is 0 Å². The molecule has 2 aliphatic rings. The van der Waals surface area contributed by atoms with Gasteiger partial charge in [0.05, 0.1) is 12.3 Å². The molecule has 0 radical (unpaired) electrons. The number of halogens is 2. The van der Waals surface area contributed by atoms with Crippen LogP contribution < -0.4 is 5.32 Å². The summed E-state index contributed by atoms with van der Waals surface area (Å²) in [7, 11) is 0. The molecule has 0 bridgehead atoms. The van der Waals surface area contributed by atoms with Crippen LogP contribution in [-0.2, 0) is 5.41 Å². The van der Waals surface area contributed by atoms with Crippen molar-refractivity contribution in [2.24, 2.45) is 0 Å². The minimum absolute atomic E-state index is 0. The Hall–Kier alpha value is -2.28. The van der Waals surface area contributed by atoms with Gasteiger partial charge in [-0.15, -0.1) is 17.5 Å². The average molecular weight is 401 g/mol. The average Bonchev–Trinajstić information content (AvgIpc) is 3.26. The zero-order valence-corrected chi connectivity index (χ0v) is 16.1. The second kappa shape index (κ2) is 7.28. The molecular weight excluding hydrogens is 379 g/mol. The molecule has 2 atom stereocenters. The summed E-state index contributed by atoms with van der Waals surface area (Å²) in [6.45, 7) is 1.80. The Labute approximate surface area is 169 Å². The van der Waals surface area contributed by atoms with Crippen LogP contribution in [0.3, 0.4) is 0 Å². The van der Waals surface area contributed by atoms with Crippen molar-refractivity contribution in [2.45, 2.75) is 30.4 Å². The lowest BCUT2D eigenvalue weighted by molar-refractivity contribution is 0.0421. The van der Waals surface area contributed by atoms with E-state index in [-0.39, 0.29) is 29.7 Å². The van der Waals surface area contributed by atoms with Crippen molar-refractivity contribution >= 4 is 12.4 Å². The summed E-state index contributed by atoms with van der Waals surface area (Å²) in [6.07, 6.45) is 3.10. The van der Waals surface area contributed by atoms with Crippen LogP contribution in [0.4, 0.5) is 4.39 Å². The third-order valence-corrected chi connectivity index (χ3v) is 6.11. The molecule has 3 aromatic rings. The molecule has 0 saturated carbocycles. The van der Waals surface area contributed by atoms with Gasteiger partial charge < -0.3 is 10.4 Å². The van der Waals surface area contributed by atoms with Crippen molar-refractivity contribution in [3.63, 3.8) is 0 Å². The number of aliphatic hydroxyl groups excluding tert-OH is 1. The Morgan fingerprint density at radius 1 is 1.07 bits per heavy atom. The maximum Gasteiger partial charge on any atom is 0.123 e. The molecule has 1 spiro atoms. The van der Waals surface area contributed by atoms with Crippen molar-refractivity contribution in [3.8, 4) is 11.3 Å². The predicted octanol–water partition coefficient (Wildman–Crippen LogP) is 3.09. The SMILES string of the molecule is Cl.O[C@H]1[C@H](n2cc(-c3ccc(F)cc3)nn2)c2ccccc2C12CCNCC2. The topological polar surface area (TPSA) is 63.0 Å². The van der Waals surface area contributed by atoms with Crippen LogP contribution in [0.5, 0.6) is 0 Å². The van der Waals surface area contributed by atoms with E-state index in [4.69, 9.17) is 0 Å². The first-order valence-electron chi connectivity index (χ1n) is 9.35. The molecule has 1 fully saturated rings. The molecule has 0 unspecified atom stereocenters. The maximum atomic E-state index is 13.2. The second-order valence-corrected chi connectivity index (χ2v) is 7.47. The molecule has 0 amide bonds. The lowest BCUT2D eigenvalue weighted by atomic mass is 9.72. The van der Waals surface area contributed by atoms with E-state index in [0.29, 0.717) is 5.69 Å². The van der Waals surface area contributed by atoms with Crippen LogP contribution in [0, 0.1) is 5.82 Å². The number of piperidine rings is 1. The van der Waals surface area contributed by atoms with Crippen molar-refractivity contribution in [1.82, 2.24) is 20.3 Å². The molecule has 28 heavy (non-hydrogen) atoms. The highest BCUT2D eigenvalue weighted by Gasteiger charge is 2.52. The number of hydrogen-bond donors (Lipinski definition) is 2. The smallest absolute Gasteiger partial charge is 0.123 e. The van der Waals surface area contributed by atoms with E-state index in [9.17, 15) is 9.50 Å². The molecule has 146 valence electrons. The highest BCUT2D eigenvalue weighted by molar-refractivity contribution is 5.85. The van der Waals surface area contributed by atoms with Gasteiger partial charge in [-0.1, -0.05) is 29.5 Å². The zero-order valence-electron chi connectivity index (χ0n) is 15.3. The molecular formula is C21H22ClFN4O. The summed E-state index contributed by atoms with van der Waals surface area (Å²) in [5.74, 6) is -0.279. The van der Waals surface area contributed by atoms with Gasteiger partial charge in [0, 0.05) is 11.0 Å². The minimum Gasteiger partial charge on any atom is -0.390 e. The molecule has 5 rings (SSSR count). The van der Waals surface area contributed by atoms with Gasteiger partial charge in [0.2, 0.25) is 0 Å². The van der Waals surface area contributed by atoms with Gasteiger partial charge in [-0.3, -0.25) is 0 Å². The molecule has 5 nitrogen and oxygen atoms in total. The first-order valence-corrected chi connectivity index (χ1v) is 9.35. The highest BCUT2D eigenvalue weighted by atomic mass is 35.5. The second-order valence-electron chi connectivity index (χ2n) is 7.47. The lowest BCUT2D eigenvalue weighted by Gasteiger charge is -2.38.